The van der Waals surface area contributed by atoms with Crippen molar-refractivity contribution < 1.29 is 17.9 Å². The summed E-state index contributed by atoms with van der Waals surface area (Å²) >= 11 is 0. The Hall–Kier alpha value is -0.620. The molecule has 1 aliphatic rings. The van der Waals surface area contributed by atoms with Crippen LogP contribution in [0.1, 0.15) is 46.5 Å². The van der Waals surface area contributed by atoms with E-state index in [-0.39, 0.29) is 12.0 Å². The molecule has 112 valence electrons. The van der Waals surface area contributed by atoms with Gasteiger partial charge in [-0.15, -0.1) is 0 Å². The third kappa shape index (κ3) is 3.92. The van der Waals surface area contributed by atoms with Crippen LogP contribution >= 0.6 is 0 Å². The number of esters is 1. The SMILES string of the molecule is CCC(C)C(C)NS(=O)(=O)C1CCCC1C(=O)OC. The van der Waals surface area contributed by atoms with E-state index in [4.69, 9.17) is 4.74 Å². The van der Waals surface area contributed by atoms with E-state index in [1.165, 1.54) is 7.11 Å². The first kappa shape index (κ1) is 16.4. The standard InChI is InChI=1S/C13H25NO4S/c1-5-9(2)10(3)14-19(16,17)12-8-6-7-11(12)13(15)18-4/h9-12,14H,5-8H2,1-4H3. The van der Waals surface area contributed by atoms with Gasteiger partial charge in [0.25, 0.3) is 0 Å². The number of rotatable bonds is 6. The summed E-state index contributed by atoms with van der Waals surface area (Å²) < 4.78 is 32.2. The molecule has 4 unspecified atom stereocenters. The molecule has 0 aliphatic heterocycles. The minimum atomic E-state index is -3.47. The summed E-state index contributed by atoms with van der Waals surface area (Å²) in [6.07, 6.45) is 2.79. The number of carbonyl (C=O) groups excluding carboxylic acids is 1. The first-order chi connectivity index (χ1) is 8.83. The van der Waals surface area contributed by atoms with Crippen LogP contribution in [0, 0.1) is 11.8 Å². The molecule has 0 aromatic heterocycles. The van der Waals surface area contributed by atoms with Gasteiger partial charge in [-0.3, -0.25) is 4.79 Å². The Labute approximate surface area is 116 Å². The van der Waals surface area contributed by atoms with Gasteiger partial charge in [-0.1, -0.05) is 26.7 Å². The number of hydrogen-bond acceptors (Lipinski definition) is 4. The maximum absolute atomic E-state index is 12.4. The normalized spacial score (nSPS) is 26.9. The zero-order chi connectivity index (χ0) is 14.6. The lowest BCUT2D eigenvalue weighted by atomic mass is 10.0. The highest BCUT2D eigenvalue weighted by Crippen LogP contribution is 2.32. The van der Waals surface area contributed by atoms with Gasteiger partial charge in [0.05, 0.1) is 18.3 Å². The summed E-state index contributed by atoms with van der Waals surface area (Å²) in [6, 6.07) is -0.117. The first-order valence-corrected chi connectivity index (χ1v) is 8.47. The molecule has 0 spiro atoms. The summed E-state index contributed by atoms with van der Waals surface area (Å²) in [6.45, 7) is 5.91. The molecule has 19 heavy (non-hydrogen) atoms. The maximum atomic E-state index is 12.4. The van der Waals surface area contributed by atoms with Gasteiger partial charge in [0.1, 0.15) is 0 Å². The van der Waals surface area contributed by atoms with Gasteiger partial charge in [0.2, 0.25) is 10.0 Å². The van der Waals surface area contributed by atoms with Crippen LogP contribution < -0.4 is 4.72 Å². The van der Waals surface area contributed by atoms with Crippen molar-refractivity contribution in [1.82, 2.24) is 4.72 Å². The fraction of sp³-hybridized carbons (Fsp3) is 0.923. The van der Waals surface area contributed by atoms with Crippen LogP contribution in [-0.4, -0.2) is 32.8 Å². The number of hydrogen-bond donors (Lipinski definition) is 1. The highest BCUT2D eigenvalue weighted by Gasteiger charge is 2.42. The highest BCUT2D eigenvalue weighted by molar-refractivity contribution is 7.90. The molecule has 4 atom stereocenters. The van der Waals surface area contributed by atoms with E-state index in [2.05, 4.69) is 4.72 Å². The average Bonchev–Trinajstić information content (AvgIpc) is 2.86. The Bertz CT molecular complexity index is 407. The number of ether oxygens (including phenoxy) is 1. The maximum Gasteiger partial charge on any atom is 0.310 e. The van der Waals surface area contributed by atoms with E-state index in [0.717, 1.165) is 12.8 Å². The van der Waals surface area contributed by atoms with E-state index < -0.39 is 27.2 Å². The quantitative estimate of drug-likeness (QED) is 0.756. The molecule has 1 N–H and O–H groups in total. The molecule has 0 radical (unpaired) electrons. The van der Waals surface area contributed by atoms with Gasteiger partial charge in [-0.05, 0) is 25.7 Å². The lowest BCUT2D eigenvalue weighted by molar-refractivity contribution is -0.145. The van der Waals surface area contributed by atoms with Crippen molar-refractivity contribution in [2.45, 2.75) is 57.7 Å². The lowest BCUT2D eigenvalue weighted by Gasteiger charge is -2.24. The fourth-order valence-electron chi connectivity index (χ4n) is 2.53. The molecule has 0 heterocycles. The monoisotopic (exact) mass is 291 g/mol. The van der Waals surface area contributed by atoms with E-state index in [1.54, 1.807) is 0 Å². The Morgan fingerprint density at radius 2 is 2.00 bits per heavy atom. The summed E-state index contributed by atoms with van der Waals surface area (Å²) in [5.41, 5.74) is 0. The molecule has 0 bridgehead atoms. The highest BCUT2D eigenvalue weighted by atomic mass is 32.2. The predicted molar refractivity (Wildman–Crippen MR) is 74.1 cm³/mol. The Kier molecular flexibility index (Phi) is 5.80. The number of carbonyl (C=O) groups is 1. The summed E-state index contributed by atoms with van der Waals surface area (Å²) in [7, 11) is -2.16. The summed E-state index contributed by atoms with van der Waals surface area (Å²) in [5.74, 6) is -0.663. The van der Waals surface area contributed by atoms with Crippen molar-refractivity contribution >= 4 is 16.0 Å². The molecule has 1 rings (SSSR count). The van der Waals surface area contributed by atoms with Crippen molar-refractivity contribution in [3.05, 3.63) is 0 Å². The zero-order valence-corrected chi connectivity index (χ0v) is 13.0. The minimum absolute atomic E-state index is 0.117. The largest absolute Gasteiger partial charge is 0.469 e. The molecule has 1 fully saturated rings. The molecule has 1 aliphatic carbocycles. The second-order valence-electron chi connectivity index (χ2n) is 5.44. The summed E-state index contributed by atoms with van der Waals surface area (Å²) in [5, 5.41) is -0.647. The van der Waals surface area contributed by atoms with Crippen LogP contribution in [0.2, 0.25) is 0 Å². The third-order valence-electron chi connectivity index (χ3n) is 4.20. The van der Waals surface area contributed by atoms with Crippen molar-refractivity contribution in [1.29, 1.82) is 0 Å². The van der Waals surface area contributed by atoms with Gasteiger partial charge < -0.3 is 4.74 Å². The van der Waals surface area contributed by atoms with Crippen molar-refractivity contribution in [2.75, 3.05) is 7.11 Å². The average molecular weight is 291 g/mol. The minimum Gasteiger partial charge on any atom is -0.469 e. The molecule has 5 nitrogen and oxygen atoms in total. The topological polar surface area (TPSA) is 72.5 Å². The van der Waals surface area contributed by atoms with Crippen LogP contribution in [0.25, 0.3) is 0 Å². The summed E-state index contributed by atoms with van der Waals surface area (Å²) in [4.78, 5) is 11.6. The first-order valence-electron chi connectivity index (χ1n) is 6.92. The van der Waals surface area contributed by atoms with Gasteiger partial charge >= 0.3 is 5.97 Å². The van der Waals surface area contributed by atoms with Crippen LogP contribution in [-0.2, 0) is 19.6 Å². The Morgan fingerprint density at radius 1 is 1.37 bits per heavy atom. The van der Waals surface area contributed by atoms with Crippen molar-refractivity contribution in [3.8, 4) is 0 Å². The van der Waals surface area contributed by atoms with Crippen molar-refractivity contribution in [2.24, 2.45) is 11.8 Å². The molecular formula is C13H25NO4S. The smallest absolute Gasteiger partial charge is 0.310 e. The second kappa shape index (κ2) is 6.70. The van der Waals surface area contributed by atoms with Gasteiger partial charge in [0.15, 0.2) is 0 Å². The van der Waals surface area contributed by atoms with Crippen LogP contribution in [0.3, 0.4) is 0 Å². The number of sulfonamides is 1. The Balaban J connectivity index is 2.79. The molecule has 0 saturated heterocycles. The lowest BCUT2D eigenvalue weighted by Crippen LogP contribution is -2.45. The zero-order valence-electron chi connectivity index (χ0n) is 12.2. The van der Waals surface area contributed by atoms with E-state index in [1.807, 2.05) is 20.8 Å². The number of methoxy groups -OCH3 is 1. The third-order valence-corrected chi connectivity index (χ3v) is 6.26. The Morgan fingerprint density at radius 3 is 2.53 bits per heavy atom. The van der Waals surface area contributed by atoms with Gasteiger partial charge in [-0.25, -0.2) is 13.1 Å². The van der Waals surface area contributed by atoms with Crippen LogP contribution in [0.15, 0.2) is 0 Å². The molecular weight excluding hydrogens is 266 g/mol. The molecule has 0 aromatic rings. The molecule has 6 heteroatoms. The fourth-order valence-corrected chi connectivity index (χ4v) is 4.62. The molecule has 0 amide bonds. The van der Waals surface area contributed by atoms with E-state index in [0.29, 0.717) is 12.8 Å². The van der Waals surface area contributed by atoms with Gasteiger partial charge in [-0.2, -0.15) is 0 Å². The van der Waals surface area contributed by atoms with E-state index >= 15 is 0 Å². The van der Waals surface area contributed by atoms with Crippen LogP contribution in [0.5, 0.6) is 0 Å². The van der Waals surface area contributed by atoms with Crippen molar-refractivity contribution in [3.63, 3.8) is 0 Å². The van der Waals surface area contributed by atoms with Crippen LogP contribution in [0.4, 0.5) is 0 Å². The second-order valence-corrected chi connectivity index (χ2v) is 7.37. The number of nitrogens with one attached hydrogen (secondary N) is 1. The predicted octanol–water partition coefficient (Wildman–Crippen LogP) is 1.68. The molecule has 0 aromatic carbocycles. The van der Waals surface area contributed by atoms with Gasteiger partial charge in [0, 0.05) is 6.04 Å². The van der Waals surface area contributed by atoms with E-state index in [9.17, 15) is 13.2 Å². The molecule has 1 saturated carbocycles.